The molecule has 1 fully saturated rings. The lowest BCUT2D eigenvalue weighted by molar-refractivity contribution is 0.578. The molecule has 0 saturated carbocycles. The molecule has 1 aromatic carbocycles. The number of hydrogen-bond acceptors (Lipinski definition) is 4. The number of halogens is 2. The quantitative estimate of drug-likeness (QED) is 0.769. The maximum absolute atomic E-state index is 14.1. The van der Waals surface area contributed by atoms with Gasteiger partial charge in [-0.2, -0.15) is 11.8 Å². The second-order valence-electron chi connectivity index (χ2n) is 4.43. The molecule has 1 saturated heterocycles. The minimum atomic E-state index is -3.24. The van der Waals surface area contributed by atoms with Gasteiger partial charge in [0, 0.05) is 29.6 Å². The van der Waals surface area contributed by atoms with Crippen LogP contribution in [-0.4, -0.2) is 38.1 Å². The molecular formula is C12H15BrFNO2S2. The highest BCUT2D eigenvalue weighted by Crippen LogP contribution is 2.32. The average Bonchev–Trinajstić information content (AvgIpc) is 2.37. The minimum absolute atomic E-state index is 0.363. The van der Waals surface area contributed by atoms with Crippen molar-refractivity contribution < 1.29 is 12.8 Å². The Balaban J connectivity index is 2.49. The molecule has 106 valence electrons. The zero-order valence-corrected chi connectivity index (χ0v) is 13.7. The number of alkyl halides is 1. The number of anilines is 1. The van der Waals surface area contributed by atoms with Gasteiger partial charge in [-0.1, -0.05) is 28.1 Å². The lowest BCUT2D eigenvalue weighted by atomic mass is 10.1. The number of rotatable bonds is 3. The van der Waals surface area contributed by atoms with E-state index in [1.54, 1.807) is 22.7 Å². The molecule has 0 spiro atoms. The van der Waals surface area contributed by atoms with Crippen LogP contribution in [0.1, 0.15) is 5.56 Å². The van der Waals surface area contributed by atoms with Gasteiger partial charge in [-0.25, -0.2) is 12.8 Å². The van der Waals surface area contributed by atoms with E-state index in [1.165, 1.54) is 12.3 Å². The summed E-state index contributed by atoms with van der Waals surface area (Å²) < 4.78 is 37.9. The van der Waals surface area contributed by atoms with E-state index in [0.29, 0.717) is 23.3 Å². The van der Waals surface area contributed by atoms with Crippen molar-refractivity contribution in [1.82, 2.24) is 0 Å². The van der Waals surface area contributed by atoms with E-state index in [4.69, 9.17) is 0 Å². The van der Waals surface area contributed by atoms with Crippen molar-refractivity contribution in [3.05, 3.63) is 29.6 Å². The van der Waals surface area contributed by atoms with Crippen LogP contribution >= 0.6 is 27.7 Å². The summed E-state index contributed by atoms with van der Waals surface area (Å²) in [6.07, 6.45) is 1.21. The molecule has 0 bridgehead atoms. The number of nitrogens with zero attached hydrogens (tertiary/aromatic N) is 1. The van der Waals surface area contributed by atoms with Gasteiger partial charge in [0.25, 0.3) is 0 Å². The summed E-state index contributed by atoms with van der Waals surface area (Å²) in [4.78, 5) is 1.69. The molecule has 3 nitrogen and oxygen atoms in total. The Kier molecular flexibility index (Phi) is 4.79. The van der Waals surface area contributed by atoms with Crippen LogP contribution < -0.4 is 4.90 Å². The fourth-order valence-corrected chi connectivity index (χ4v) is 5.46. The summed E-state index contributed by atoms with van der Waals surface area (Å²) in [6.45, 7) is 0.545. The first-order valence-electron chi connectivity index (χ1n) is 5.81. The smallest absolute Gasteiger partial charge is 0.169 e. The monoisotopic (exact) mass is 367 g/mol. The number of hydrogen-bond donors (Lipinski definition) is 0. The summed E-state index contributed by atoms with van der Waals surface area (Å²) in [6, 6.07) is 4.83. The van der Waals surface area contributed by atoms with E-state index < -0.39 is 15.2 Å². The average molecular weight is 368 g/mol. The van der Waals surface area contributed by atoms with Gasteiger partial charge in [0.05, 0.1) is 5.69 Å². The Morgan fingerprint density at radius 3 is 2.89 bits per heavy atom. The number of benzene rings is 1. The molecule has 7 heteroatoms. The highest BCUT2D eigenvalue weighted by atomic mass is 79.9. The van der Waals surface area contributed by atoms with Crippen molar-refractivity contribution in [2.24, 2.45) is 0 Å². The van der Waals surface area contributed by atoms with Crippen molar-refractivity contribution in [3.8, 4) is 0 Å². The van der Waals surface area contributed by atoms with Gasteiger partial charge >= 0.3 is 0 Å². The molecule has 1 aliphatic rings. The van der Waals surface area contributed by atoms with Gasteiger partial charge in [-0.05, 0) is 11.6 Å². The molecular weight excluding hydrogens is 353 g/mol. The van der Waals surface area contributed by atoms with E-state index >= 15 is 0 Å². The van der Waals surface area contributed by atoms with E-state index in [0.717, 1.165) is 11.3 Å². The molecule has 19 heavy (non-hydrogen) atoms. The SMILES string of the molecule is CS(=O)(=O)C1CSCCN1c1c(F)cccc1CBr. The van der Waals surface area contributed by atoms with Crippen LogP contribution in [0.25, 0.3) is 0 Å². The van der Waals surface area contributed by atoms with Gasteiger partial charge in [0.1, 0.15) is 11.2 Å². The van der Waals surface area contributed by atoms with E-state index in [9.17, 15) is 12.8 Å². The normalized spacial score (nSPS) is 20.6. The van der Waals surface area contributed by atoms with Gasteiger partial charge in [0.2, 0.25) is 0 Å². The predicted octanol–water partition coefficient (Wildman–Crippen LogP) is 2.64. The molecule has 0 radical (unpaired) electrons. The van der Waals surface area contributed by atoms with Crippen LogP contribution in [0.2, 0.25) is 0 Å². The van der Waals surface area contributed by atoms with Crippen LogP contribution in [0.3, 0.4) is 0 Å². The summed E-state index contributed by atoms with van der Waals surface area (Å²) in [5.41, 5.74) is 1.19. The van der Waals surface area contributed by atoms with Crippen molar-refractivity contribution in [1.29, 1.82) is 0 Å². The first-order chi connectivity index (χ1) is 8.95. The second-order valence-corrected chi connectivity index (χ2v) is 8.35. The molecule has 0 amide bonds. The first kappa shape index (κ1) is 15.1. The maximum atomic E-state index is 14.1. The highest BCUT2D eigenvalue weighted by molar-refractivity contribution is 9.08. The lowest BCUT2D eigenvalue weighted by Gasteiger charge is -2.37. The van der Waals surface area contributed by atoms with Gasteiger partial charge in [-0.15, -0.1) is 0 Å². The molecule has 1 aliphatic heterocycles. The fourth-order valence-electron chi connectivity index (χ4n) is 2.18. The van der Waals surface area contributed by atoms with Crippen LogP contribution in [0.4, 0.5) is 10.1 Å². The van der Waals surface area contributed by atoms with Crippen LogP contribution in [0, 0.1) is 5.82 Å². The Labute approximate surface area is 125 Å². The first-order valence-corrected chi connectivity index (χ1v) is 10.0. The zero-order chi connectivity index (χ0) is 14.0. The molecule has 0 N–H and O–H groups in total. The fraction of sp³-hybridized carbons (Fsp3) is 0.500. The molecule has 1 aromatic rings. The Bertz CT molecular complexity index is 565. The van der Waals surface area contributed by atoms with E-state index in [2.05, 4.69) is 15.9 Å². The van der Waals surface area contributed by atoms with E-state index in [-0.39, 0.29) is 5.82 Å². The minimum Gasteiger partial charge on any atom is -0.351 e. The summed E-state index contributed by atoms with van der Waals surface area (Å²) in [5, 5.41) is -0.152. The predicted molar refractivity (Wildman–Crippen MR) is 82.3 cm³/mol. The van der Waals surface area contributed by atoms with Gasteiger partial charge < -0.3 is 4.90 Å². The number of thioether (sulfide) groups is 1. The molecule has 1 unspecified atom stereocenters. The zero-order valence-electron chi connectivity index (χ0n) is 10.5. The molecule has 1 heterocycles. The van der Waals surface area contributed by atoms with Crippen LogP contribution in [0.15, 0.2) is 18.2 Å². The third kappa shape index (κ3) is 3.25. The molecule has 1 atom stereocenters. The van der Waals surface area contributed by atoms with Crippen molar-refractivity contribution in [2.45, 2.75) is 10.7 Å². The summed E-state index contributed by atoms with van der Waals surface area (Å²) in [5.74, 6) is 0.925. The standard InChI is InChI=1S/C12H15BrFNO2S2/c1-19(16,17)11-8-18-6-5-15(11)12-9(7-13)3-2-4-10(12)14/h2-4,11H,5-8H2,1H3. The van der Waals surface area contributed by atoms with Crippen LogP contribution in [-0.2, 0) is 15.2 Å². The summed E-state index contributed by atoms with van der Waals surface area (Å²) >= 11 is 4.92. The third-order valence-corrected chi connectivity index (χ3v) is 6.33. The number of para-hydroxylation sites is 1. The lowest BCUT2D eigenvalue weighted by Crippen LogP contribution is -2.47. The number of sulfone groups is 1. The Morgan fingerprint density at radius 2 is 2.26 bits per heavy atom. The topological polar surface area (TPSA) is 37.4 Å². The van der Waals surface area contributed by atoms with Gasteiger partial charge in [-0.3, -0.25) is 0 Å². The summed E-state index contributed by atoms with van der Waals surface area (Å²) in [7, 11) is -3.24. The van der Waals surface area contributed by atoms with Gasteiger partial charge in [0.15, 0.2) is 9.84 Å². The largest absolute Gasteiger partial charge is 0.351 e. The van der Waals surface area contributed by atoms with Crippen molar-refractivity contribution in [3.63, 3.8) is 0 Å². The Hall–Kier alpha value is -0.270. The molecule has 2 rings (SSSR count). The highest BCUT2D eigenvalue weighted by Gasteiger charge is 2.33. The molecule has 0 aromatic heterocycles. The van der Waals surface area contributed by atoms with Crippen LogP contribution in [0.5, 0.6) is 0 Å². The third-order valence-electron chi connectivity index (χ3n) is 3.08. The second kappa shape index (κ2) is 6.01. The molecule has 0 aliphatic carbocycles. The Morgan fingerprint density at radius 1 is 1.53 bits per heavy atom. The maximum Gasteiger partial charge on any atom is 0.169 e. The van der Waals surface area contributed by atoms with E-state index in [1.807, 2.05) is 6.07 Å². The van der Waals surface area contributed by atoms with Crippen molar-refractivity contribution in [2.75, 3.05) is 29.2 Å². The van der Waals surface area contributed by atoms with Crippen molar-refractivity contribution >= 4 is 43.2 Å².